The summed E-state index contributed by atoms with van der Waals surface area (Å²) in [5.41, 5.74) is 2.34. The average molecular weight is 403 g/mol. The number of carboxylic acid groups (broad SMARTS) is 1. The molecule has 1 aliphatic heterocycles. The highest BCUT2D eigenvalue weighted by Crippen LogP contribution is 2.30. The van der Waals surface area contributed by atoms with Gasteiger partial charge in [-0.3, -0.25) is 0 Å². The van der Waals surface area contributed by atoms with Crippen LogP contribution < -0.4 is 10.1 Å². The zero-order chi connectivity index (χ0) is 19.9. The molecule has 1 aliphatic carbocycles. The van der Waals surface area contributed by atoms with E-state index in [0.29, 0.717) is 32.3 Å². The van der Waals surface area contributed by atoms with Crippen molar-refractivity contribution in [2.45, 2.75) is 57.5 Å². The second-order valence-electron chi connectivity index (χ2n) is 9.02. The van der Waals surface area contributed by atoms with Crippen LogP contribution in [0, 0.1) is 0 Å². The Morgan fingerprint density at radius 3 is 2.79 bits per heavy atom. The summed E-state index contributed by atoms with van der Waals surface area (Å²) in [5.74, 6) is 0.912. The van der Waals surface area contributed by atoms with Crippen molar-refractivity contribution in [3.8, 4) is 5.75 Å². The molecule has 1 saturated heterocycles. The van der Waals surface area contributed by atoms with Gasteiger partial charge in [0.1, 0.15) is 5.75 Å². The second-order valence-corrected chi connectivity index (χ2v) is 14.0. The number of aromatic amines is 1. The molecule has 0 spiro atoms. The van der Waals surface area contributed by atoms with E-state index >= 15 is 0 Å². The van der Waals surface area contributed by atoms with Gasteiger partial charge in [-0.05, 0) is 49.4 Å². The number of nitrogens with zero attached hydrogens (tertiary/aromatic N) is 1. The standard InChI is InChI=1S/C21H30N2O4Si/c1-28(2,3)20-18(11-14-13-26-10-9-23(14)21(24)25)17-12-16(7-8-19(17)22-20)27-15-5-4-6-15/h7-8,12,14-15,22H,4-6,9-11,13H2,1-3H3,(H,24,25)/t14-/m0/s1. The maximum Gasteiger partial charge on any atom is 0.407 e. The fourth-order valence-electron chi connectivity index (χ4n) is 4.14. The first-order chi connectivity index (χ1) is 13.3. The highest BCUT2D eigenvalue weighted by molar-refractivity contribution is 6.88. The van der Waals surface area contributed by atoms with Gasteiger partial charge in [0.25, 0.3) is 0 Å². The van der Waals surface area contributed by atoms with Crippen LogP contribution in [0.1, 0.15) is 24.8 Å². The van der Waals surface area contributed by atoms with Crippen molar-refractivity contribution < 1.29 is 19.4 Å². The number of fused-ring (bicyclic) bond motifs is 1. The van der Waals surface area contributed by atoms with Gasteiger partial charge < -0.3 is 24.5 Å². The van der Waals surface area contributed by atoms with E-state index in [4.69, 9.17) is 9.47 Å². The summed E-state index contributed by atoms with van der Waals surface area (Å²) in [6, 6.07) is 6.12. The number of nitrogens with one attached hydrogen (secondary N) is 1. The van der Waals surface area contributed by atoms with Crippen LogP contribution in [-0.4, -0.2) is 61.1 Å². The SMILES string of the molecule is C[Si](C)(C)c1[nH]c2ccc(OC3CCC3)cc2c1C[C@H]1COCCN1C(=O)O. The third kappa shape index (κ3) is 3.78. The Morgan fingerprint density at radius 1 is 1.36 bits per heavy atom. The molecular weight excluding hydrogens is 372 g/mol. The number of morpholine rings is 1. The van der Waals surface area contributed by atoms with Gasteiger partial charge in [-0.1, -0.05) is 19.6 Å². The summed E-state index contributed by atoms with van der Waals surface area (Å²) in [6.07, 6.45) is 3.64. The van der Waals surface area contributed by atoms with Gasteiger partial charge in [0.05, 0.1) is 33.4 Å². The number of ether oxygens (including phenoxy) is 2. The van der Waals surface area contributed by atoms with Crippen LogP contribution in [0.5, 0.6) is 5.75 Å². The summed E-state index contributed by atoms with van der Waals surface area (Å²) in [6.45, 7) is 8.30. The Kier molecular flexibility index (Phi) is 5.14. The van der Waals surface area contributed by atoms with Crippen LogP contribution >= 0.6 is 0 Å². The van der Waals surface area contributed by atoms with Gasteiger partial charge in [-0.2, -0.15) is 0 Å². The minimum atomic E-state index is -1.64. The molecule has 2 fully saturated rings. The number of aromatic nitrogens is 1. The monoisotopic (exact) mass is 402 g/mol. The van der Waals surface area contributed by atoms with Crippen LogP contribution in [0.15, 0.2) is 18.2 Å². The molecule has 1 atom stereocenters. The normalized spacial score (nSPS) is 21.0. The zero-order valence-corrected chi connectivity index (χ0v) is 18.0. The van der Waals surface area contributed by atoms with Crippen LogP contribution in [0.2, 0.25) is 19.6 Å². The van der Waals surface area contributed by atoms with Crippen molar-refractivity contribution in [2.75, 3.05) is 19.8 Å². The molecule has 28 heavy (non-hydrogen) atoms. The van der Waals surface area contributed by atoms with E-state index in [2.05, 4.69) is 36.8 Å². The molecule has 6 nitrogen and oxygen atoms in total. The molecule has 0 bridgehead atoms. The highest BCUT2D eigenvalue weighted by Gasteiger charge is 2.32. The van der Waals surface area contributed by atoms with Crippen LogP contribution in [-0.2, 0) is 11.2 Å². The molecule has 2 heterocycles. The van der Waals surface area contributed by atoms with E-state index in [1.54, 1.807) is 0 Å². The third-order valence-corrected chi connectivity index (χ3v) is 7.82. The maximum atomic E-state index is 11.7. The molecule has 0 radical (unpaired) electrons. The second kappa shape index (κ2) is 7.44. The molecule has 152 valence electrons. The fourth-order valence-corrected chi connectivity index (χ4v) is 5.80. The first-order valence-electron chi connectivity index (χ1n) is 10.2. The minimum Gasteiger partial charge on any atom is -0.490 e. The van der Waals surface area contributed by atoms with Crippen molar-refractivity contribution >= 4 is 30.4 Å². The summed E-state index contributed by atoms with van der Waals surface area (Å²) in [4.78, 5) is 16.9. The molecule has 0 unspecified atom stereocenters. The third-order valence-electron chi connectivity index (χ3n) is 5.90. The van der Waals surface area contributed by atoms with Crippen molar-refractivity contribution in [3.63, 3.8) is 0 Å². The van der Waals surface area contributed by atoms with Crippen molar-refractivity contribution in [1.29, 1.82) is 0 Å². The van der Waals surface area contributed by atoms with E-state index in [0.717, 1.165) is 29.5 Å². The quantitative estimate of drug-likeness (QED) is 0.750. The lowest BCUT2D eigenvalue weighted by Crippen LogP contribution is -2.50. The first kappa shape index (κ1) is 19.3. The molecular formula is C21H30N2O4Si. The van der Waals surface area contributed by atoms with Crippen molar-refractivity contribution in [2.24, 2.45) is 0 Å². The van der Waals surface area contributed by atoms with E-state index in [9.17, 15) is 9.90 Å². The van der Waals surface area contributed by atoms with Crippen molar-refractivity contribution in [1.82, 2.24) is 9.88 Å². The van der Waals surface area contributed by atoms with Crippen LogP contribution in [0.3, 0.4) is 0 Å². The number of benzene rings is 1. The highest BCUT2D eigenvalue weighted by atomic mass is 28.3. The number of hydrogen-bond acceptors (Lipinski definition) is 3. The topological polar surface area (TPSA) is 74.8 Å². The average Bonchev–Trinajstić information content (AvgIpc) is 2.97. The summed E-state index contributed by atoms with van der Waals surface area (Å²) >= 11 is 0. The largest absolute Gasteiger partial charge is 0.490 e. The Balaban J connectivity index is 1.72. The molecule has 2 aliphatic rings. The summed E-state index contributed by atoms with van der Waals surface area (Å²) in [7, 11) is -1.64. The summed E-state index contributed by atoms with van der Waals surface area (Å²) in [5, 5.41) is 12.1. The molecule has 2 N–H and O–H groups in total. The van der Waals surface area contributed by atoms with Gasteiger partial charge in [-0.15, -0.1) is 0 Å². The Hall–Kier alpha value is -1.99. The molecule has 1 saturated carbocycles. The zero-order valence-electron chi connectivity index (χ0n) is 17.0. The van der Waals surface area contributed by atoms with Crippen LogP contribution in [0.25, 0.3) is 10.9 Å². The molecule has 1 aromatic heterocycles. The lowest BCUT2D eigenvalue weighted by molar-refractivity contribution is 0.000441. The van der Waals surface area contributed by atoms with E-state index in [1.165, 1.54) is 22.2 Å². The van der Waals surface area contributed by atoms with E-state index < -0.39 is 14.2 Å². The fraction of sp³-hybridized carbons (Fsp3) is 0.571. The molecule has 4 rings (SSSR count). The van der Waals surface area contributed by atoms with Gasteiger partial charge in [0, 0.05) is 22.8 Å². The minimum absolute atomic E-state index is 0.156. The number of hydrogen-bond donors (Lipinski definition) is 2. The van der Waals surface area contributed by atoms with Gasteiger partial charge in [0.15, 0.2) is 0 Å². The number of amides is 1. The smallest absolute Gasteiger partial charge is 0.407 e. The Bertz CT molecular complexity index is 869. The van der Waals surface area contributed by atoms with Crippen LogP contribution in [0.4, 0.5) is 4.79 Å². The predicted octanol–water partition coefficient (Wildman–Crippen LogP) is 3.57. The Morgan fingerprint density at radius 2 is 2.14 bits per heavy atom. The van der Waals surface area contributed by atoms with E-state index in [-0.39, 0.29) is 6.04 Å². The molecule has 1 amide bonds. The van der Waals surface area contributed by atoms with Crippen molar-refractivity contribution in [3.05, 3.63) is 23.8 Å². The van der Waals surface area contributed by atoms with Gasteiger partial charge >= 0.3 is 6.09 Å². The Labute approximate surface area is 166 Å². The lowest BCUT2D eigenvalue weighted by Gasteiger charge is -2.34. The first-order valence-corrected chi connectivity index (χ1v) is 13.7. The van der Waals surface area contributed by atoms with E-state index in [1.807, 2.05) is 6.07 Å². The maximum absolute atomic E-state index is 11.7. The summed E-state index contributed by atoms with van der Waals surface area (Å²) < 4.78 is 11.7. The molecule has 1 aromatic carbocycles. The number of H-pyrrole nitrogens is 1. The lowest BCUT2D eigenvalue weighted by atomic mass is 9.96. The molecule has 7 heteroatoms. The predicted molar refractivity (Wildman–Crippen MR) is 113 cm³/mol. The van der Waals surface area contributed by atoms with Gasteiger partial charge in [-0.25, -0.2) is 4.79 Å². The number of carbonyl (C=O) groups is 1. The number of rotatable bonds is 5. The molecule has 2 aromatic rings. The van der Waals surface area contributed by atoms with Gasteiger partial charge in [0.2, 0.25) is 0 Å².